The average Bonchev–Trinajstić information content (AvgIpc) is 3.38. The fraction of sp³-hybridized carbons (Fsp3) is 0.300. The van der Waals surface area contributed by atoms with Crippen LogP contribution in [0, 0.1) is 17.9 Å². The van der Waals surface area contributed by atoms with Gasteiger partial charge in [0.2, 0.25) is 0 Å². The van der Waals surface area contributed by atoms with E-state index in [1.165, 1.54) is 38.6 Å². The van der Waals surface area contributed by atoms with Crippen LogP contribution in [0.2, 0.25) is 0 Å². The molecule has 34 heavy (non-hydrogen) atoms. The first kappa shape index (κ1) is 24.4. The number of rotatable bonds is 6. The van der Waals surface area contributed by atoms with Gasteiger partial charge in [0.15, 0.2) is 0 Å². The SMILES string of the molecule is CC(C)Cc1cc(CC(C)C)c2c(c1-n1ccnc1-c1[c-]cccc1)c1ccccc1n2C.[Ir]. The molecule has 3 nitrogen and oxygen atoms in total. The number of fused-ring (bicyclic) bond motifs is 3. The summed E-state index contributed by atoms with van der Waals surface area (Å²) in [4.78, 5) is 4.77. The van der Waals surface area contributed by atoms with Gasteiger partial charge in [-0.2, -0.15) is 0 Å². The van der Waals surface area contributed by atoms with Crippen molar-refractivity contribution >= 4 is 21.8 Å². The zero-order chi connectivity index (χ0) is 23.1. The number of hydrogen-bond acceptors (Lipinski definition) is 1. The fourth-order valence-corrected chi connectivity index (χ4v) is 5.20. The summed E-state index contributed by atoms with van der Waals surface area (Å²) in [5, 5.41) is 2.63. The molecule has 0 saturated heterocycles. The maximum atomic E-state index is 4.77. The van der Waals surface area contributed by atoms with E-state index < -0.39 is 0 Å². The minimum atomic E-state index is 0. The largest absolute Gasteiger partial charge is 0.343 e. The molecule has 0 aliphatic carbocycles. The monoisotopic (exact) mass is 627 g/mol. The Kier molecular flexibility index (Phi) is 7.11. The second-order valence-corrected chi connectivity index (χ2v) is 9.94. The summed E-state index contributed by atoms with van der Waals surface area (Å²) in [6.45, 7) is 9.23. The molecule has 0 saturated carbocycles. The van der Waals surface area contributed by atoms with E-state index in [1.807, 2.05) is 18.3 Å². The van der Waals surface area contributed by atoms with E-state index in [4.69, 9.17) is 4.98 Å². The van der Waals surface area contributed by atoms with E-state index in [1.54, 1.807) is 0 Å². The van der Waals surface area contributed by atoms with Gasteiger partial charge in [-0.3, -0.25) is 4.98 Å². The first-order chi connectivity index (χ1) is 16.0. The Hall–Kier alpha value is -2.68. The summed E-state index contributed by atoms with van der Waals surface area (Å²) >= 11 is 0. The van der Waals surface area contributed by atoms with Gasteiger partial charge in [0.25, 0.3) is 0 Å². The van der Waals surface area contributed by atoms with Crippen LogP contribution in [0.25, 0.3) is 38.9 Å². The zero-order valence-electron chi connectivity index (χ0n) is 20.6. The van der Waals surface area contributed by atoms with Gasteiger partial charge in [0, 0.05) is 55.8 Å². The normalized spacial score (nSPS) is 11.6. The molecule has 0 amide bonds. The number of hydrogen-bond donors (Lipinski definition) is 0. The van der Waals surface area contributed by atoms with Gasteiger partial charge in [-0.05, 0) is 41.9 Å². The van der Waals surface area contributed by atoms with Crippen molar-refractivity contribution in [1.82, 2.24) is 14.1 Å². The van der Waals surface area contributed by atoms with Crippen LogP contribution >= 0.6 is 0 Å². The standard InChI is InChI=1S/C30H32N3.Ir/c1-20(2)17-23-19-24(18-21(3)4)29(27-25-13-9-10-14-26(25)32(5)28(23)27)33-16-15-31-30(33)22-11-7-6-8-12-22;/h6-11,13-16,19-21H,17-18H2,1-5H3;/q-1;. The van der Waals surface area contributed by atoms with E-state index in [0.29, 0.717) is 11.8 Å². The van der Waals surface area contributed by atoms with E-state index >= 15 is 0 Å². The first-order valence-corrected chi connectivity index (χ1v) is 12.0. The Morgan fingerprint density at radius 2 is 1.62 bits per heavy atom. The molecule has 5 rings (SSSR count). The Bertz CT molecular complexity index is 1420. The fourth-order valence-electron chi connectivity index (χ4n) is 5.20. The van der Waals surface area contributed by atoms with Gasteiger partial charge in [0.05, 0.1) is 17.0 Å². The van der Waals surface area contributed by atoms with Crippen LogP contribution in [0.15, 0.2) is 67.0 Å². The number of aryl methyl sites for hydroxylation is 1. The summed E-state index contributed by atoms with van der Waals surface area (Å²) in [6, 6.07) is 22.8. The molecule has 4 heteroatoms. The first-order valence-electron chi connectivity index (χ1n) is 12.0. The van der Waals surface area contributed by atoms with Gasteiger partial charge in [-0.1, -0.05) is 52.0 Å². The Morgan fingerprint density at radius 1 is 0.912 bits per heavy atom. The molecule has 2 aromatic heterocycles. The van der Waals surface area contributed by atoms with Crippen molar-refractivity contribution in [2.24, 2.45) is 18.9 Å². The van der Waals surface area contributed by atoms with Crippen LogP contribution < -0.4 is 0 Å². The quantitative estimate of drug-likeness (QED) is 0.181. The molecule has 3 aromatic carbocycles. The summed E-state index contributed by atoms with van der Waals surface area (Å²) in [5.41, 5.74) is 7.70. The third kappa shape index (κ3) is 4.26. The predicted octanol–water partition coefficient (Wildman–Crippen LogP) is 7.38. The average molecular weight is 627 g/mol. The summed E-state index contributed by atoms with van der Waals surface area (Å²) in [7, 11) is 2.21. The van der Waals surface area contributed by atoms with Gasteiger partial charge in [0.1, 0.15) is 0 Å². The molecular weight excluding hydrogens is 595 g/mol. The zero-order valence-corrected chi connectivity index (χ0v) is 23.0. The number of aromatic nitrogens is 3. The Balaban J connectivity index is 0.00000274. The molecule has 5 aromatic rings. The minimum absolute atomic E-state index is 0. The van der Waals surface area contributed by atoms with Crippen LogP contribution in [0.5, 0.6) is 0 Å². The molecule has 0 spiro atoms. The topological polar surface area (TPSA) is 22.8 Å². The van der Waals surface area contributed by atoms with Crippen molar-refractivity contribution in [2.75, 3.05) is 0 Å². The molecule has 177 valence electrons. The number of para-hydroxylation sites is 1. The summed E-state index contributed by atoms with van der Waals surface area (Å²) in [5.74, 6) is 2.08. The summed E-state index contributed by atoms with van der Waals surface area (Å²) in [6.07, 6.45) is 6.11. The van der Waals surface area contributed by atoms with E-state index in [9.17, 15) is 0 Å². The van der Waals surface area contributed by atoms with Crippen molar-refractivity contribution in [3.63, 3.8) is 0 Å². The second-order valence-electron chi connectivity index (χ2n) is 9.94. The van der Waals surface area contributed by atoms with E-state index in [2.05, 4.69) is 98.6 Å². The molecule has 1 radical (unpaired) electrons. The maximum absolute atomic E-state index is 4.77. The van der Waals surface area contributed by atoms with E-state index in [0.717, 1.165) is 24.2 Å². The molecule has 0 atom stereocenters. The number of imidazole rings is 1. The van der Waals surface area contributed by atoms with Crippen molar-refractivity contribution in [3.05, 3.63) is 84.2 Å². The number of nitrogens with zero attached hydrogens (tertiary/aromatic N) is 3. The van der Waals surface area contributed by atoms with E-state index in [-0.39, 0.29) is 20.1 Å². The van der Waals surface area contributed by atoms with Crippen LogP contribution in [-0.2, 0) is 40.0 Å². The molecule has 0 aliphatic heterocycles. The molecule has 0 aliphatic rings. The molecular formula is C30H32IrN3-. The summed E-state index contributed by atoms with van der Waals surface area (Å²) < 4.78 is 4.67. The van der Waals surface area contributed by atoms with Crippen molar-refractivity contribution < 1.29 is 20.1 Å². The van der Waals surface area contributed by atoms with Crippen molar-refractivity contribution in [1.29, 1.82) is 0 Å². The minimum Gasteiger partial charge on any atom is -0.343 e. The Labute approximate surface area is 216 Å². The van der Waals surface area contributed by atoms with Gasteiger partial charge in [-0.15, -0.1) is 35.9 Å². The third-order valence-corrected chi connectivity index (χ3v) is 6.39. The molecule has 0 bridgehead atoms. The predicted molar refractivity (Wildman–Crippen MR) is 139 cm³/mol. The Morgan fingerprint density at radius 3 is 2.32 bits per heavy atom. The van der Waals surface area contributed by atoms with Crippen molar-refractivity contribution in [2.45, 2.75) is 40.5 Å². The smallest absolute Gasteiger partial charge is 0.0602 e. The molecule has 0 N–H and O–H groups in total. The molecule has 0 unspecified atom stereocenters. The maximum Gasteiger partial charge on any atom is 0.0602 e. The van der Waals surface area contributed by atoms with Crippen LogP contribution in [-0.4, -0.2) is 14.1 Å². The van der Waals surface area contributed by atoms with Gasteiger partial charge in [-0.25, -0.2) is 0 Å². The van der Waals surface area contributed by atoms with Gasteiger partial charge >= 0.3 is 0 Å². The van der Waals surface area contributed by atoms with Crippen LogP contribution in [0.3, 0.4) is 0 Å². The second kappa shape index (κ2) is 9.90. The number of benzene rings is 3. The van der Waals surface area contributed by atoms with Gasteiger partial charge < -0.3 is 9.13 Å². The molecule has 2 heterocycles. The third-order valence-electron chi connectivity index (χ3n) is 6.39. The van der Waals surface area contributed by atoms with Crippen LogP contribution in [0.4, 0.5) is 0 Å². The van der Waals surface area contributed by atoms with Crippen LogP contribution in [0.1, 0.15) is 38.8 Å². The molecule has 0 fully saturated rings. The van der Waals surface area contributed by atoms with Crippen molar-refractivity contribution in [3.8, 4) is 17.1 Å².